The van der Waals surface area contributed by atoms with E-state index in [9.17, 15) is 5.11 Å². The van der Waals surface area contributed by atoms with Crippen LogP contribution in [0.2, 0.25) is 0 Å². The minimum Gasteiger partial charge on any atom is -0.411 e. The Morgan fingerprint density at radius 1 is 1.42 bits per heavy atom. The SMILES string of the molecule is O/N=C1\CC2=C(C1)CC(O)C=C2. The van der Waals surface area contributed by atoms with Crippen LogP contribution in [0.3, 0.4) is 0 Å². The van der Waals surface area contributed by atoms with Crippen LogP contribution in [0.1, 0.15) is 19.3 Å². The summed E-state index contributed by atoms with van der Waals surface area (Å²) in [4.78, 5) is 0. The molecule has 0 heterocycles. The molecular weight excluding hydrogens is 154 g/mol. The lowest BCUT2D eigenvalue weighted by atomic mass is 9.98. The van der Waals surface area contributed by atoms with Crippen molar-refractivity contribution in [1.29, 1.82) is 0 Å². The van der Waals surface area contributed by atoms with E-state index >= 15 is 0 Å². The van der Waals surface area contributed by atoms with Crippen LogP contribution in [0.15, 0.2) is 28.5 Å². The standard InChI is InChI=1S/C9H11NO2/c11-9-2-1-6-3-8(10-12)4-7(6)5-9/h1-2,9,11-12H,3-5H2/b10-8+. The molecule has 0 aromatic heterocycles. The van der Waals surface area contributed by atoms with Crippen LogP contribution in [0.25, 0.3) is 0 Å². The second-order valence-electron chi connectivity index (χ2n) is 3.28. The van der Waals surface area contributed by atoms with Gasteiger partial charge in [0.25, 0.3) is 0 Å². The Bertz CT molecular complexity index is 289. The molecule has 0 amide bonds. The smallest absolute Gasteiger partial charge is 0.0761 e. The van der Waals surface area contributed by atoms with Crippen molar-refractivity contribution in [3.8, 4) is 0 Å². The molecule has 0 spiro atoms. The minimum absolute atomic E-state index is 0.346. The highest BCUT2D eigenvalue weighted by molar-refractivity contribution is 5.92. The van der Waals surface area contributed by atoms with Crippen molar-refractivity contribution in [3.05, 3.63) is 23.3 Å². The maximum atomic E-state index is 9.29. The quantitative estimate of drug-likeness (QED) is 0.419. The Morgan fingerprint density at radius 2 is 2.25 bits per heavy atom. The van der Waals surface area contributed by atoms with Gasteiger partial charge in [0.05, 0.1) is 11.8 Å². The van der Waals surface area contributed by atoms with Crippen molar-refractivity contribution in [1.82, 2.24) is 0 Å². The van der Waals surface area contributed by atoms with Crippen molar-refractivity contribution in [3.63, 3.8) is 0 Å². The van der Waals surface area contributed by atoms with E-state index < -0.39 is 0 Å². The molecule has 3 nitrogen and oxygen atoms in total. The normalized spacial score (nSPS) is 31.4. The van der Waals surface area contributed by atoms with Gasteiger partial charge >= 0.3 is 0 Å². The minimum atomic E-state index is -0.346. The molecule has 3 heteroatoms. The summed E-state index contributed by atoms with van der Waals surface area (Å²) in [5.74, 6) is 0. The number of hydrogen-bond donors (Lipinski definition) is 2. The van der Waals surface area contributed by atoms with Crippen LogP contribution in [-0.4, -0.2) is 22.1 Å². The first-order chi connectivity index (χ1) is 5.79. The summed E-state index contributed by atoms with van der Waals surface area (Å²) in [5, 5.41) is 21.0. The van der Waals surface area contributed by atoms with E-state index in [0.29, 0.717) is 6.42 Å². The first kappa shape index (κ1) is 7.55. The van der Waals surface area contributed by atoms with Gasteiger partial charge in [0.15, 0.2) is 0 Å². The van der Waals surface area contributed by atoms with Gasteiger partial charge in [-0.15, -0.1) is 0 Å². The second kappa shape index (κ2) is 2.75. The number of oxime groups is 1. The van der Waals surface area contributed by atoms with Crippen molar-refractivity contribution < 1.29 is 10.3 Å². The van der Waals surface area contributed by atoms with Gasteiger partial charge in [-0.25, -0.2) is 0 Å². The average Bonchev–Trinajstić information content (AvgIpc) is 2.46. The molecule has 0 bridgehead atoms. The molecule has 2 aliphatic carbocycles. The summed E-state index contributed by atoms with van der Waals surface area (Å²) in [6, 6.07) is 0. The van der Waals surface area contributed by atoms with Crippen LogP contribution >= 0.6 is 0 Å². The number of aliphatic hydroxyl groups excluding tert-OH is 1. The summed E-state index contributed by atoms with van der Waals surface area (Å²) < 4.78 is 0. The highest BCUT2D eigenvalue weighted by Gasteiger charge is 2.23. The van der Waals surface area contributed by atoms with Crippen molar-refractivity contribution >= 4 is 5.71 Å². The Labute approximate surface area is 70.7 Å². The summed E-state index contributed by atoms with van der Waals surface area (Å²) >= 11 is 0. The van der Waals surface area contributed by atoms with Gasteiger partial charge < -0.3 is 10.3 Å². The number of allylic oxidation sites excluding steroid dienone is 2. The van der Waals surface area contributed by atoms with Crippen molar-refractivity contribution in [2.45, 2.75) is 25.4 Å². The van der Waals surface area contributed by atoms with E-state index in [0.717, 1.165) is 18.6 Å². The van der Waals surface area contributed by atoms with Gasteiger partial charge in [0.2, 0.25) is 0 Å². The number of aliphatic hydroxyl groups is 1. The zero-order valence-electron chi connectivity index (χ0n) is 6.70. The summed E-state index contributed by atoms with van der Waals surface area (Å²) in [7, 11) is 0. The van der Waals surface area contributed by atoms with Gasteiger partial charge in [-0.2, -0.15) is 0 Å². The van der Waals surface area contributed by atoms with E-state index in [-0.39, 0.29) is 6.10 Å². The Kier molecular flexibility index (Phi) is 1.73. The molecule has 0 radical (unpaired) electrons. The largest absolute Gasteiger partial charge is 0.411 e. The van der Waals surface area contributed by atoms with Gasteiger partial charge in [0, 0.05) is 12.8 Å². The fourth-order valence-electron chi connectivity index (χ4n) is 1.77. The number of rotatable bonds is 0. The first-order valence-electron chi connectivity index (χ1n) is 4.06. The molecular formula is C9H11NO2. The molecule has 1 atom stereocenters. The first-order valence-corrected chi connectivity index (χ1v) is 4.06. The topological polar surface area (TPSA) is 52.8 Å². The zero-order valence-corrected chi connectivity index (χ0v) is 6.70. The van der Waals surface area contributed by atoms with Gasteiger partial charge in [0.1, 0.15) is 0 Å². The molecule has 1 unspecified atom stereocenters. The molecule has 0 aromatic carbocycles. The van der Waals surface area contributed by atoms with E-state index in [4.69, 9.17) is 5.21 Å². The average molecular weight is 165 g/mol. The lowest BCUT2D eigenvalue weighted by Crippen LogP contribution is -2.07. The monoisotopic (exact) mass is 165 g/mol. The third kappa shape index (κ3) is 1.16. The van der Waals surface area contributed by atoms with Crippen LogP contribution in [0, 0.1) is 0 Å². The Balaban J connectivity index is 2.20. The maximum absolute atomic E-state index is 9.29. The molecule has 0 fully saturated rings. The zero-order chi connectivity index (χ0) is 8.55. The number of nitrogens with zero attached hydrogens (tertiary/aromatic N) is 1. The third-order valence-corrected chi connectivity index (χ3v) is 2.38. The highest BCUT2D eigenvalue weighted by atomic mass is 16.4. The predicted molar refractivity (Wildman–Crippen MR) is 45.2 cm³/mol. The van der Waals surface area contributed by atoms with E-state index in [1.165, 1.54) is 11.1 Å². The van der Waals surface area contributed by atoms with E-state index in [1.54, 1.807) is 6.08 Å². The molecule has 0 aromatic rings. The van der Waals surface area contributed by atoms with Crippen LogP contribution < -0.4 is 0 Å². The van der Waals surface area contributed by atoms with Crippen molar-refractivity contribution in [2.75, 3.05) is 0 Å². The lowest BCUT2D eigenvalue weighted by molar-refractivity contribution is 0.221. The van der Waals surface area contributed by atoms with E-state index in [2.05, 4.69) is 5.16 Å². The number of hydrogen-bond acceptors (Lipinski definition) is 3. The lowest BCUT2D eigenvalue weighted by Gasteiger charge is -2.12. The molecule has 2 N–H and O–H groups in total. The predicted octanol–water partition coefficient (Wildman–Crippen LogP) is 1.23. The van der Waals surface area contributed by atoms with Gasteiger partial charge in [-0.1, -0.05) is 22.9 Å². The molecule has 12 heavy (non-hydrogen) atoms. The van der Waals surface area contributed by atoms with Gasteiger partial charge in [-0.3, -0.25) is 0 Å². The van der Waals surface area contributed by atoms with Crippen LogP contribution in [-0.2, 0) is 0 Å². The molecule has 0 aliphatic heterocycles. The fourth-order valence-corrected chi connectivity index (χ4v) is 1.77. The second-order valence-corrected chi connectivity index (χ2v) is 3.28. The summed E-state index contributed by atoms with van der Waals surface area (Å²) in [6.07, 6.45) is 5.55. The summed E-state index contributed by atoms with van der Waals surface area (Å²) in [6.45, 7) is 0. The highest BCUT2D eigenvalue weighted by Crippen LogP contribution is 2.31. The summed E-state index contributed by atoms with van der Waals surface area (Å²) in [5.41, 5.74) is 3.24. The maximum Gasteiger partial charge on any atom is 0.0761 e. The van der Waals surface area contributed by atoms with Gasteiger partial charge in [-0.05, 0) is 12.0 Å². The fraction of sp³-hybridized carbons (Fsp3) is 0.444. The molecule has 2 rings (SSSR count). The molecule has 0 saturated heterocycles. The Hall–Kier alpha value is -1.09. The van der Waals surface area contributed by atoms with Crippen LogP contribution in [0.5, 0.6) is 0 Å². The third-order valence-electron chi connectivity index (χ3n) is 2.38. The molecule has 2 aliphatic rings. The van der Waals surface area contributed by atoms with Crippen LogP contribution in [0.4, 0.5) is 0 Å². The molecule has 64 valence electrons. The van der Waals surface area contributed by atoms with E-state index in [1.807, 2.05) is 6.08 Å². The van der Waals surface area contributed by atoms with Crippen molar-refractivity contribution in [2.24, 2.45) is 5.16 Å². The molecule has 0 saturated carbocycles. The Morgan fingerprint density at radius 3 is 3.00 bits per heavy atom.